The van der Waals surface area contributed by atoms with Gasteiger partial charge in [-0.3, -0.25) is 4.90 Å². The van der Waals surface area contributed by atoms with Gasteiger partial charge >= 0.3 is 0 Å². The Morgan fingerprint density at radius 2 is 1.80 bits per heavy atom. The van der Waals surface area contributed by atoms with Crippen LogP contribution >= 0.6 is 0 Å². The molecular formula is C17H34N2O. The second-order valence-corrected chi connectivity index (χ2v) is 7.56. The van der Waals surface area contributed by atoms with Gasteiger partial charge < -0.3 is 9.64 Å². The van der Waals surface area contributed by atoms with E-state index in [4.69, 9.17) is 4.74 Å². The van der Waals surface area contributed by atoms with Crippen molar-refractivity contribution < 1.29 is 4.74 Å². The normalized spacial score (nSPS) is 32.4. The molecule has 2 fully saturated rings. The summed E-state index contributed by atoms with van der Waals surface area (Å²) in [7, 11) is 4.10. The topological polar surface area (TPSA) is 15.7 Å². The summed E-state index contributed by atoms with van der Waals surface area (Å²) in [6, 6.07) is 0. The molecule has 0 spiro atoms. The highest BCUT2D eigenvalue weighted by atomic mass is 16.5. The number of methoxy groups -OCH3 is 1. The van der Waals surface area contributed by atoms with Gasteiger partial charge in [0, 0.05) is 32.3 Å². The first-order chi connectivity index (χ1) is 9.51. The van der Waals surface area contributed by atoms with Crippen molar-refractivity contribution in [2.75, 3.05) is 40.3 Å². The Morgan fingerprint density at radius 1 is 1.10 bits per heavy atom. The summed E-state index contributed by atoms with van der Waals surface area (Å²) in [6.45, 7) is 9.73. The summed E-state index contributed by atoms with van der Waals surface area (Å²) in [6.07, 6.45) is 8.65. The van der Waals surface area contributed by atoms with E-state index in [1.54, 1.807) is 0 Å². The first-order valence-corrected chi connectivity index (χ1v) is 8.47. The van der Waals surface area contributed by atoms with Crippen LogP contribution in [0.25, 0.3) is 0 Å². The average molecular weight is 282 g/mol. The Bertz CT molecular complexity index is 285. The number of rotatable bonds is 5. The number of likely N-dealkylation sites (N-methyl/N-ethyl adjacent to an activating group) is 1. The lowest BCUT2D eigenvalue weighted by atomic mass is 9.84. The first-order valence-electron chi connectivity index (χ1n) is 8.47. The van der Waals surface area contributed by atoms with E-state index in [9.17, 15) is 0 Å². The number of nitrogens with zero attached hydrogens (tertiary/aromatic N) is 2. The lowest BCUT2D eigenvalue weighted by molar-refractivity contribution is 0.0271. The quantitative estimate of drug-likeness (QED) is 0.771. The van der Waals surface area contributed by atoms with Gasteiger partial charge in [-0.2, -0.15) is 0 Å². The van der Waals surface area contributed by atoms with Crippen LogP contribution in [0, 0.1) is 5.92 Å². The van der Waals surface area contributed by atoms with Crippen molar-refractivity contribution in [3.8, 4) is 0 Å². The van der Waals surface area contributed by atoms with E-state index in [0.717, 1.165) is 5.92 Å². The van der Waals surface area contributed by atoms with Crippen LogP contribution in [0.1, 0.15) is 52.4 Å². The van der Waals surface area contributed by atoms with Crippen LogP contribution < -0.4 is 0 Å². The Balaban J connectivity index is 1.66. The minimum atomic E-state index is 0.348. The van der Waals surface area contributed by atoms with E-state index in [1.165, 1.54) is 64.7 Å². The molecule has 1 heterocycles. The van der Waals surface area contributed by atoms with Gasteiger partial charge in [-0.25, -0.2) is 0 Å². The fraction of sp³-hybridized carbons (Fsp3) is 1.00. The molecule has 0 aromatic rings. The summed E-state index contributed by atoms with van der Waals surface area (Å²) in [5, 5.41) is 0. The van der Waals surface area contributed by atoms with E-state index in [1.807, 2.05) is 7.11 Å². The summed E-state index contributed by atoms with van der Waals surface area (Å²) < 4.78 is 5.46. The molecule has 0 unspecified atom stereocenters. The molecule has 1 aliphatic carbocycles. The largest absolute Gasteiger partial charge is 0.381 e. The molecule has 1 saturated heterocycles. The molecule has 0 aromatic heterocycles. The zero-order chi connectivity index (χ0) is 14.6. The Morgan fingerprint density at radius 3 is 2.40 bits per heavy atom. The highest BCUT2D eigenvalue weighted by Crippen LogP contribution is 2.29. The SMILES string of the molecule is COC1CCC(CCCN2CCN(C)CC2(C)C)CC1. The summed E-state index contributed by atoms with van der Waals surface area (Å²) in [5.74, 6) is 0.956. The van der Waals surface area contributed by atoms with Crippen molar-refractivity contribution in [3.05, 3.63) is 0 Å². The minimum absolute atomic E-state index is 0.348. The van der Waals surface area contributed by atoms with Gasteiger partial charge in [-0.1, -0.05) is 0 Å². The average Bonchev–Trinajstić information content (AvgIpc) is 2.41. The smallest absolute Gasteiger partial charge is 0.0571 e. The summed E-state index contributed by atoms with van der Waals surface area (Å²) in [5.41, 5.74) is 0.348. The molecule has 0 radical (unpaired) electrons. The molecule has 20 heavy (non-hydrogen) atoms. The van der Waals surface area contributed by atoms with Gasteiger partial charge in [0.25, 0.3) is 0 Å². The van der Waals surface area contributed by atoms with Crippen molar-refractivity contribution in [1.82, 2.24) is 9.80 Å². The molecule has 1 saturated carbocycles. The predicted octanol–water partition coefficient (Wildman–Crippen LogP) is 3.00. The molecule has 0 aromatic carbocycles. The highest BCUT2D eigenvalue weighted by molar-refractivity contribution is 4.89. The molecule has 1 aliphatic heterocycles. The fourth-order valence-corrected chi connectivity index (χ4v) is 4.08. The number of ether oxygens (including phenoxy) is 1. The lowest BCUT2D eigenvalue weighted by Crippen LogP contribution is -2.58. The maximum Gasteiger partial charge on any atom is 0.0571 e. The van der Waals surface area contributed by atoms with Crippen LogP contribution in [0.3, 0.4) is 0 Å². The van der Waals surface area contributed by atoms with Crippen molar-refractivity contribution in [2.45, 2.75) is 64.0 Å². The maximum atomic E-state index is 5.46. The van der Waals surface area contributed by atoms with Gasteiger partial charge in [-0.15, -0.1) is 0 Å². The van der Waals surface area contributed by atoms with E-state index in [-0.39, 0.29) is 0 Å². The molecule has 0 bridgehead atoms. The van der Waals surface area contributed by atoms with Gasteiger partial charge in [0.15, 0.2) is 0 Å². The van der Waals surface area contributed by atoms with E-state index < -0.39 is 0 Å². The molecule has 0 atom stereocenters. The summed E-state index contributed by atoms with van der Waals surface area (Å²) in [4.78, 5) is 5.16. The second kappa shape index (κ2) is 7.24. The number of piperazine rings is 1. The molecule has 3 heteroatoms. The van der Waals surface area contributed by atoms with Crippen LogP contribution in [0.5, 0.6) is 0 Å². The van der Waals surface area contributed by atoms with Crippen molar-refractivity contribution >= 4 is 0 Å². The first kappa shape index (κ1) is 16.3. The zero-order valence-corrected chi connectivity index (χ0v) is 14.0. The Hall–Kier alpha value is -0.120. The van der Waals surface area contributed by atoms with Crippen molar-refractivity contribution in [2.24, 2.45) is 5.92 Å². The lowest BCUT2D eigenvalue weighted by Gasteiger charge is -2.46. The maximum absolute atomic E-state index is 5.46. The standard InChI is InChI=1S/C17H34N2O/c1-17(2)14-18(3)12-13-19(17)11-5-6-15-7-9-16(20-4)10-8-15/h15-16H,5-14H2,1-4H3. The zero-order valence-electron chi connectivity index (χ0n) is 14.0. The molecule has 0 N–H and O–H groups in total. The minimum Gasteiger partial charge on any atom is -0.381 e. The van der Waals surface area contributed by atoms with E-state index in [2.05, 4.69) is 30.7 Å². The van der Waals surface area contributed by atoms with Crippen LogP contribution in [0.15, 0.2) is 0 Å². The Kier molecular flexibility index (Phi) is 5.88. The van der Waals surface area contributed by atoms with Crippen molar-refractivity contribution in [3.63, 3.8) is 0 Å². The third-order valence-electron chi connectivity index (χ3n) is 5.43. The molecule has 0 amide bonds. The van der Waals surface area contributed by atoms with E-state index in [0.29, 0.717) is 11.6 Å². The van der Waals surface area contributed by atoms with Crippen LogP contribution in [-0.4, -0.2) is 61.8 Å². The number of hydrogen-bond acceptors (Lipinski definition) is 3. The van der Waals surface area contributed by atoms with Crippen LogP contribution in [0.4, 0.5) is 0 Å². The third-order valence-corrected chi connectivity index (χ3v) is 5.43. The van der Waals surface area contributed by atoms with E-state index >= 15 is 0 Å². The third kappa shape index (κ3) is 4.44. The van der Waals surface area contributed by atoms with Crippen molar-refractivity contribution in [1.29, 1.82) is 0 Å². The monoisotopic (exact) mass is 282 g/mol. The van der Waals surface area contributed by atoms with Crippen LogP contribution in [0.2, 0.25) is 0 Å². The molecule has 3 nitrogen and oxygen atoms in total. The highest BCUT2D eigenvalue weighted by Gasteiger charge is 2.31. The van der Waals surface area contributed by atoms with Gasteiger partial charge in [-0.05, 0) is 71.9 Å². The molecule has 2 aliphatic rings. The van der Waals surface area contributed by atoms with Gasteiger partial charge in [0.2, 0.25) is 0 Å². The predicted molar refractivity (Wildman–Crippen MR) is 85.1 cm³/mol. The Labute approximate surface area is 125 Å². The molecule has 2 rings (SSSR count). The second-order valence-electron chi connectivity index (χ2n) is 7.56. The molecular weight excluding hydrogens is 248 g/mol. The van der Waals surface area contributed by atoms with Crippen LogP contribution in [-0.2, 0) is 4.74 Å². The molecule has 118 valence electrons. The van der Waals surface area contributed by atoms with Gasteiger partial charge in [0.1, 0.15) is 0 Å². The summed E-state index contributed by atoms with van der Waals surface area (Å²) >= 11 is 0. The number of hydrogen-bond donors (Lipinski definition) is 0. The fourth-order valence-electron chi connectivity index (χ4n) is 4.08. The van der Waals surface area contributed by atoms with Gasteiger partial charge in [0.05, 0.1) is 6.10 Å².